The van der Waals surface area contributed by atoms with Gasteiger partial charge in [0.2, 0.25) is 16.0 Å². The van der Waals surface area contributed by atoms with Gasteiger partial charge in [0.15, 0.2) is 0 Å². The topological polar surface area (TPSA) is 117 Å². The number of aromatic nitrogens is 4. The number of nitrogens with zero attached hydrogens (tertiary/aromatic N) is 6. The first-order valence-corrected chi connectivity index (χ1v) is 10.4. The number of sulfonamides is 1. The van der Waals surface area contributed by atoms with Crippen LogP contribution in [-0.2, 0) is 23.2 Å². The Labute approximate surface area is 165 Å². The van der Waals surface area contributed by atoms with Gasteiger partial charge in [-0.05, 0) is 12.8 Å². The number of halogens is 3. The molecule has 0 unspecified atom stereocenters. The summed E-state index contributed by atoms with van der Waals surface area (Å²) < 4.78 is 66.2. The van der Waals surface area contributed by atoms with E-state index < -0.39 is 27.5 Å². The summed E-state index contributed by atoms with van der Waals surface area (Å²) in [6.45, 7) is 0.589. The van der Waals surface area contributed by atoms with Crippen molar-refractivity contribution in [2.24, 2.45) is 7.05 Å². The Hall–Kier alpha value is -2.72. The van der Waals surface area contributed by atoms with E-state index in [4.69, 9.17) is 0 Å². The van der Waals surface area contributed by atoms with E-state index in [1.165, 1.54) is 22.2 Å². The molecule has 156 valence electrons. The third kappa shape index (κ3) is 4.48. The van der Waals surface area contributed by atoms with Crippen molar-refractivity contribution >= 4 is 16.0 Å². The zero-order valence-electron chi connectivity index (χ0n) is 15.6. The molecule has 1 aliphatic heterocycles. The predicted octanol–water partition coefficient (Wildman–Crippen LogP) is 1.60. The van der Waals surface area contributed by atoms with Crippen molar-refractivity contribution in [1.29, 1.82) is 5.26 Å². The van der Waals surface area contributed by atoms with Crippen molar-refractivity contribution < 1.29 is 21.6 Å². The van der Waals surface area contributed by atoms with Crippen molar-refractivity contribution in [2.45, 2.75) is 25.1 Å². The van der Waals surface area contributed by atoms with E-state index in [1.807, 2.05) is 6.07 Å². The number of nitrogens with one attached hydrogen (secondary N) is 1. The van der Waals surface area contributed by atoms with Gasteiger partial charge in [-0.2, -0.15) is 18.4 Å². The van der Waals surface area contributed by atoms with E-state index in [-0.39, 0.29) is 23.4 Å². The van der Waals surface area contributed by atoms with Crippen LogP contribution >= 0.6 is 0 Å². The number of imidazole rings is 1. The zero-order chi connectivity index (χ0) is 21.4. The van der Waals surface area contributed by atoms with Gasteiger partial charge in [-0.3, -0.25) is 0 Å². The Morgan fingerprint density at radius 2 is 1.90 bits per heavy atom. The fourth-order valence-corrected chi connectivity index (χ4v) is 3.96. The number of aryl methyl sites for hydroxylation is 1. The molecule has 1 fully saturated rings. The molecule has 3 rings (SSSR count). The van der Waals surface area contributed by atoms with Crippen LogP contribution in [0.3, 0.4) is 0 Å². The van der Waals surface area contributed by atoms with Crippen LogP contribution in [-0.4, -0.2) is 57.6 Å². The second-order valence-electron chi connectivity index (χ2n) is 6.70. The van der Waals surface area contributed by atoms with Gasteiger partial charge in [-0.15, -0.1) is 0 Å². The van der Waals surface area contributed by atoms with Crippen LogP contribution in [0.4, 0.5) is 19.1 Å². The first-order chi connectivity index (χ1) is 13.5. The van der Waals surface area contributed by atoms with Gasteiger partial charge in [0.1, 0.15) is 28.7 Å². The Balaban J connectivity index is 1.90. The molecule has 13 heteroatoms. The molecule has 3 heterocycles. The number of hydrogen-bond donors (Lipinski definition) is 1. The Kier molecular flexibility index (Phi) is 5.50. The van der Waals surface area contributed by atoms with Gasteiger partial charge >= 0.3 is 6.18 Å². The fourth-order valence-electron chi connectivity index (χ4n) is 3.09. The van der Waals surface area contributed by atoms with Gasteiger partial charge in [-0.1, -0.05) is 0 Å². The molecule has 0 amide bonds. The van der Waals surface area contributed by atoms with Crippen LogP contribution < -0.4 is 5.32 Å². The van der Waals surface area contributed by atoms with Gasteiger partial charge < -0.3 is 9.88 Å². The Bertz CT molecular complexity index is 1050. The maximum Gasteiger partial charge on any atom is 0.420 e. The van der Waals surface area contributed by atoms with Crippen molar-refractivity contribution in [1.82, 2.24) is 23.8 Å². The van der Waals surface area contributed by atoms with Crippen LogP contribution in [0.25, 0.3) is 11.4 Å². The second kappa shape index (κ2) is 7.60. The third-order valence-electron chi connectivity index (χ3n) is 4.62. The van der Waals surface area contributed by atoms with Crippen molar-refractivity contribution in [3.63, 3.8) is 0 Å². The van der Waals surface area contributed by atoms with E-state index in [2.05, 4.69) is 20.3 Å². The first-order valence-electron chi connectivity index (χ1n) is 8.58. The highest BCUT2D eigenvalue weighted by atomic mass is 32.2. The minimum Gasteiger partial charge on any atom is -0.351 e. The van der Waals surface area contributed by atoms with E-state index in [0.29, 0.717) is 32.1 Å². The number of alkyl halides is 3. The first kappa shape index (κ1) is 21.0. The largest absolute Gasteiger partial charge is 0.420 e. The Morgan fingerprint density at radius 3 is 2.45 bits per heavy atom. The van der Waals surface area contributed by atoms with Crippen LogP contribution in [0.15, 0.2) is 12.5 Å². The molecule has 0 spiro atoms. The van der Waals surface area contributed by atoms with E-state index in [9.17, 15) is 26.9 Å². The predicted molar refractivity (Wildman–Crippen MR) is 97.0 cm³/mol. The molecule has 1 N–H and O–H groups in total. The molecule has 1 saturated heterocycles. The summed E-state index contributed by atoms with van der Waals surface area (Å²) in [6, 6.07) is 1.63. The lowest BCUT2D eigenvalue weighted by Crippen LogP contribution is -2.42. The smallest absolute Gasteiger partial charge is 0.351 e. The lowest BCUT2D eigenvalue weighted by atomic mass is 10.1. The van der Waals surface area contributed by atoms with Crippen LogP contribution in [0, 0.1) is 11.3 Å². The minimum absolute atomic E-state index is 0.0413. The molecule has 1 aliphatic rings. The van der Waals surface area contributed by atoms with Gasteiger partial charge in [0.05, 0.1) is 12.6 Å². The molecule has 9 nitrogen and oxygen atoms in total. The molecule has 0 aromatic carbocycles. The number of rotatable bonds is 4. The number of piperidine rings is 1. The standard InChI is InChI=1S/C16H18F3N7O2S/c1-25-9-22-14(12(25)7-20)13-11(16(17,18)19)8-21-15(24-13)23-10-3-5-26(6-4-10)29(2,27)28/h8-10H,3-6H2,1-2H3,(H,21,23,24). The lowest BCUT2D eigenvalue weighted by molar-refractivity contribution is -0.137. The van der Waals surface area contributed by atoms with E-state index in [0.717, 1.165) is 6.26 Å². The van der Waals surface area contributed by atoms with Crippen molar-refractivity contribution in [3.8, 4) is 17.5 Å². The second-order valence-corrected chi connectivity index (χ2v) is 8.68. The van der Waals surface area contributed by atoms with Crippen molar-refractivity contribution in [2.75, 3.05) is 24.7 Å². The monoisotopic (exact) mass is 429 g/mol. The molecular formula is C16H18F3N7O2S. The van der Waals surface area contributed by atoms with Gasteiger partial charge in [-0.25, -0.2) is 27.7 Å². The molecule has 0 aliphatic carbocycles. The highest BCUT2D eigenvalue weighted by Gasteiger charge is 2.37. The molecule has 0 saturated carbocycles. The summed E-state index contributed by atoms with van der Waals surface area (Å²) in [5, 5.41) is 12.2. The highest BCUT2D eigenvalue weighted by molar-refractivity contribution is 7.88. The van der Waals surface area contributed by atoms with Gasteiger partial charge in [0, 0.05) is 32.4 Å². The third-order valence-corrected chi connectivity index (χ3v) is 5.92. The summed E-state index contributed by atoms with van der Waals surface area (Å²) in [5.41, 5.74) is -1.81. The quantitative estimate of drug-likeness (QED) is 0.785. The van der Waals surface area contributed by atoms with Crippen LogP contribution in [0.2, 0.25) is 0 Å². The summed E-state index contributed by atoms with van der Waals surface area (Å²) in [7, 11) is -1.79. The van der Waals surface area contributed by atoms with E-state index >= 15 is 0 Å². The highest BCUT2D eigenvalue weighted by Crippen LogP contribution is 2.36. The molecule has 0 atom stereocenters. The molecule has 2 aromatic heterocycles. The van der Waals surface area contributed by atoms with E-state index in [1.54, 1.807) is 0 Å². The SMILES string of the molecule is Cn1cnc(-c2nc(NC3CCN(S(C)(=O)=O)CC3)ncc2C(F)(F)F)c1C#N. The lowest BCUT2D eigenvalue weighted by Gasteiger charge is -2.30. The van der Waals surface area contributed by atoms with Gasteiger partial charge in [0.25, 0.3) is 0 Å². The normalized spacial score (nSPS) is 16.6. The maximum absolute atomic E-state index is 13.4. The number of nitriles is 1. The number of hydrogen-bond acceptors (Lipinski definition) is 7. The summed E-state index contributed by atoms with van der Waals surface area (Å²) in [5.74, 6) is -0.0413. The molecule has 29 heavy (non-hydrogen) atoms. The molecule has 0 radical (unpaired) electrons. The van der Waals surface area contributed by atoms with Crippen molar-refractivity contribution in [3.05, 3.63) is 23.8 Å². The molecule has 2 aromatic rings. The average molecular weight is 429 g/mol. The van der Waals surface area contributed by atoms with Crippen LogP contribution in [0.1, 0.15) is 24.1 Å². The minimum atomic E-state index is -4.72. The zero-order valence-corrected chi connectivity index (χ0v) is 16.4. The fraction of sp³-hybridized carbons (Fsp3) is 0.500. The number of anilines is 1. The van der Waals surface area contributed by atoms with Crippen LogP contribution in [0.5, 0.6) is 0 Å². The molecule has 0 bridgehead atoms. The summed E-state index contributed by atoms with van der Waals surface area (Å²) in [4.78, 5) is 11.7. The Morgan fingerprint density at radius 1 is 1.24 bits per heavy atom. The summed E-state index contributed by atoms with van der Waals surface area (Å²) >= 11 is 0. The summed E-state index contributed by atoms with van der Waals surface area (Å²) in [6.07, 6.45) is -0.777. The molecular weight excluding hydrogens is 411 g/mol. The maximum atomic E-state index is 13.4. The average Bonchev–Trinajstić information content (AvgIpc) is 3.01.